The van der Waals surface area contributed by atoms with E-state index >= 15 is 0 Å². The number of carbonyl (C=O) groups excluding carboxylic acids is 1. The van der Waals surface area contributed by atoms with Crippen LogP contribution in [-0.2, 0) is 27.7 Å². The van der Waals surface area contributed by atoms with Gasteiger partial charge in [-0.2, -0.15) is 0 Å². The predicted molar refractivity (Wildman–Crippen MR) is 94.4 cm³/mol. The fraction of sp³-hybridized carbons (Fsp3) is 0.632. The molecule has 2 fully saturated rings. The molecule has 5 heteroatoms. The Kier molecular flexibility index (Phi) is 3.41. The highest BCUT2D eigenvalue weighted by molar-refractivity contribution is 7.92. The molecule has 4 rings (SSSR count). The van der Waals surface area contributed by atoms with E-state index < -0.39 is 15.4 Å². The summed E-state index contributed by atoms with van der Waals surface area (Å²) in [7, 11) is -3.55. The molecule has 1 aromatic rings. The highest BCUT2D eigenvalue weighted by Crippen LogP contribution is 2.64. The average Bonchev–Trinajstić information content (AvgIpc) is 3.08. The Morgan fingerprint density at radius 3 is 2.62 bits per heavy atom. The van der Waals surface area contributed by atoms with Crippen LogP contribution >= 0.6 is 0 Å². The molecule has 2 atom stereocenters. The highest BCUT2D eigenvalue weighted by atomic mass is 32.2. The Hall–Kier alpha value is -1.36. The number of fused-ring (bicyclic) bond motifs is 3. The summed E-state index contributed by atoms with van der Waals surface area (Å²) in [6.07, 6.45) is 5.44. The van der Waals surface area contributed by atoms with Crippen molar-refractivity contribution in [2.45, 2.75) is 52.4 Å². The van der Waals surface area contributed by atoms with Gasteiger partial charge >= 0.3 is 0 Å². The van der Waals surface area contributed by atoms with Gasteiger partial charge < -0.3 is 0 Å². The largest absolute Gasteiger partial charge is 0.299 e. The van der Waals surface area contributed by atoms with Crippen LogP contribution in [0.5, 0.6) is 0 Å². The van der Waals surface area contributed by atoms with Gasteiger partial charge in [-0.25, -0.2) is 8.42 Å². The van der Waals surface area contributed by atoms with Crippen LogP contribution in [0.4, 0.5) is 5.69 Å². The van der Waals surface area contributed by atoms with E-state index in [1.54, 1.807) is 0 Å². The van der Waals surface area contributed by atoms with Gasteiger partial charge in [0.15, 0.2) is 0 Å². The Labute approximate surface area is 144 Å². The van der Waals surface area contributed by atoms with Crippen molar-refractivity contribution in [3.63, 3.8) is 0 Å². The van der Waals surface area contributed by atoms with Gasteiger partial charge in [0.2, 0.25) is 10.0 Å². The molecule has 1 aromatic carbocycles. The fourth-order valence-corrected chi connectivity index (χ4v) is 7.17. The summed E-state index contributed by atoms with van der Waals surface area (Å²) in [5.41, 5.74) is 2.26. The first-order valence-electron chi connectivity index (χ1n) is 8.89. The maximum atomic E-state index is 12.8. The Balaban J connectivity index is 1.59. The number of hydrogen-bond acceptors (Lipinski definition) is 3. The Bertz CT molecular complexity index is 812. The van der Waals surface area contributed by atoms with E-state index in [-0.39, 0.29) is 17.0 Å². The lowest BCUT2D eigenvalue weighted by atomic mass is 9.70. The maximum Gasteiger partial charge on any atom is 0.233 e. The highest BCUT2D eigenvalue weighted by Gasteiger charge is 2.65. The van der Waals surface area contributed by atoms with Crippen molar-refractivity contribution in [3.05, 3.63) is 29.3 Å². The second-order valence-electron chi connectivity index (χ2n) is 8.36. The Morgan fingerprint density at radius 2 is 1.96 bits per heavy atom. The normalized spacial score (nSPS) is 30.6. The average molecular weight is 347 g/mol. The zero-order valence-corrected chi connectivity index (χ0v) is 15.2. The third kappa shape index (κ3) is 2.24. The first-order chi connectivity index (χ1) is 11.2. The number of Topliss-reactive ketones (excluding diaryl/α,β-unsaturated/α-hetero) is 1. The van der Waals surface area contributed by atoms with E-state index in [0.29, 0.717) is 24.4 Å². The maximum absolute atomic E-state index is 12.8. The van der Waals surface area contributed by atoms with E-state index in [9.17, 15) is 13.2 Å². The SMILES string of the molecule is CC1(C)[C@H]2CC[C@@]1(CS(=O)(=O)Nc1ccc3c(c1)CCC3)C(=O)C2. The summed E-state index contributed by atoms with van der Waals surface area (Å²) in [6, 6.07) is 5.82. The molecule has 24 heavy (non-hydrogen) atoms. The van der Waals surface area contributed by atoms with E-state index in [1.807, 2.05) is 18.2 Å². The number of nitrogens with one attached hydrogen (secondary N) is 1. The van der Waals surface area contributed by atoms with Gasteiger partial charge in [-0.15, -0.1) is 0 Å². The molecule has 0 amide bonds. The third-order valence-electron chi connectivity index (χ3n) is 6.95. The van der Waals surface area contributed by atoms with Crippen LogP contribution < -0.4 is 4.72 Å². The molecule has 0 spiro atoms. The molecule has 0 aliphatic heterocycles. The van der Waals surface area contributed by atoms with Crippen molar-refractivity contribution in [2.24, 2.45) is 16.7 Å². The van der Waals surface area contributed by atoms with Gasteiger partial charge in [0, 0.05) is 12.1 Å². The summed E-state index contributed by atoms with van der Waals surface area (Å²) in [5, 5.41) is 0. The van der Waals surface area contributed by atoms with Crippen LogP contribution in [0.15, 0.2) is 18.2 Å². The fourth-order valence-electron chi connectivity index (χ4n) is 5.28. The summed E-state index contributed by atoms with van der Waals surface area (Å²) >= 11 is 0. The van der Waals surface area contributed by atoms with E-state index in [0.717, 1.165) is 25.7 Å². The summed E-state index contributed by atoms with van der Waals surface area (Å²) in [6.45, 7) is 4.14. The molecule has 3 aliphatic rings. The minimum Gasteiger partial charge on any atom is -0.299 e. The van der Waals surface area contributed by atoms with Gasteiger partial charge in [-0.3, -0.25) is 9.52 Å². The molecule has 1 N–H and O–H groups in total. The van der Waals surface area contributed by atoms with E-state index in [4.69, 9.17) is 0 Å². The number of carbonyl (C=O) groups is 1. The van der Waals surface area contributed by atoms with Gasteiger partial charge in [0.05, 0.1) is 11.2 Å². The minimum absolute atomic E-state index is 0.0839. The first-order valence-corrected chi connectivity index (χ1v) is 10.5. The second kappa shape index (κ2) is 5.07. The van der Waals surface area contributed by atoms with Crippen LogP contribution in [0.3, 0.4) is 0 Å². The number of hydrogen-bond donors (Lipinski definition) is 1. The summed E-state index contributed by atoms with van der Waals surface area (Å²) < 4.78 is 28.3. The topological polar surface area (TPSA) is 63.2 Å². The zero-order chi connectivity index (χ0) is 17.2. The molecule has 0 aromatic heterocycles. The van der Waals surface area contributed by atoms with Crippen LogP contribution in [0.1, 0.15) is 50.7 Å². The Morgan fingerprint density at radius 1 is 1.21 bits per heavy atom. The summed E-state index contributed by atoms with van der Waals surface area (Å²) in [4.78, 5) is 12.6. The molecule has 0 radical (unpaired) electrons. The van der Waals surface area contributed by atoms with Crippen molar-refractivity contribution in [1.82, 2.24) is 0 Å². The smallest absolute Gasteiger partial charge is 0.233 e. The van der Waals surface area contributed by atoms with Crippen molar-refractivity contribution >= 4 is 21.5 Å². The zero-order valence-electron chi connectivity index (χ0n) is 14.4. The van der Waals surface area contributed by atoms with E-state index in [2.05, 4.69) is 18.6 Å². The number of benzene rings is 1. The van der Waals surface area contributed by atoms with Crippen molar-refractivity contribution < 1.29 is 13.2 Å². The van der Waals surface area contributed by atoms with Crippen LogP contribution in [0, 0.1) is 16.7 Å². The summed E-state index contributed by atoms with van der Waals surface area (Å²) in [5.74, 6) is 0.391. The van der Waals surface area contributed by atoms with Crippen LogP contribution in [-0.4, -0.2) is 20.0 Å². The molecular weight excluding hydrogens is 322 g/mol. The minimum atomic E-state index is -3.55. The molecule has 0 saturated heterocycles. The lowest BCUT2D eigenvalue weighted by molar-refractivity contribution is -0.128. The quantitative estimate of drug-likeness (QED) is 0.909. The standard InChI is InChI=1S/C19H25NO3S/c1-18(2)15-8-9-19(18,17(21)11-15)12-24(22,23)20-16-7-6-13-4-3-5-14(13)10-16/h6-7,10,15,20H,3-5,8-9,11-12H2,1-2H3/t15-,19+/m0/s1. The van der Waals surface area contributed by atoms with Gasteiger partial charge in [-0.1, -0.05) is 19.9 Å². The first kappa shape index (κ1) is 16.1. The van der Waals surface area contributed by atoms with E-state index in [1.165, 1.54) is 11.1 Å². The molecule has 0 heterocycles. The monoisotopic (exact) mass is 347 g/mol. The molecule has 4 nitrogen and oxygen atoms in total. The van der Waals surface area contributed by atoms with Gasteiger partial charge in [0.1, 0.15) is 5.78 Å². The number of sulfonamides is 1. The number of ketones is 1. The number of rotatable bonds is 4. The molecule has 130 valence electrons. The third-order valence-corrected chi connectivity index (χ3v) is 8.37. The molecular formula is C19H25NO3S. The lowest BCUT2D eigenvalue weighted by Crippen LogP contribution is -2.43. The van der Waals surface area contributed by atoms with Gasteiger partial charge in [0.25, 0.3) is 0 Å². The van der Waals surface area contributed by atoms with Gasteiger partial charge in [-0.05, 0) is 66.7 Å². The van der Waals surface area contributed by atoms with Crippen molar-refractivity contribution in [3.8, 4) is 0 Å². The molecule has 3 aliphatic carbocycles. The second-order valence-corrected chi connectivity index (χ2v) is 10.1. The van der Waals surface area contributed by atoms with Crippen molar-refractivity contribution in [1.29, 1.82) is 0 Å². The molecule has 0 unspecified atom stereocenters. The number of anilines is 1. The van der Waals surface area contributed by atoms with Crippen molar-refractivity contribution in [2.75, 3.05) is 10.5 Å². The molecule has 2 bridgehead atoms. The predicted octanol–water partition coefficient (Wildman–Crippen LogP) is 3.31. The number of aryl methyl sites for hydroxylation is 2. The molecule has 2 saturated carbocycles. The lowest BCUT2D eigenvalue weighted by Gasteiger charge is -2.36. The van der Waals surface area contributed by atoms with Crippen LogP contribution in [0.25, 0.3) is 0 Å². The van der Waals surface area contributed by atoms with Crippen LogP contribution in [0.2, 0.25) is 0 Å².